The molecular formula is C15H15Cl2N3O3. The fraction of sp³-hybridized carbons (Fsp3) is 0.333. The van der Waals surface area contributed by atoms with E-state index >= 15 is 0 Å². The Bertz CT molecular complexity index is 784. The molecule has 1 aromatic carbocycles. The lowest BCUT2D eigenvalue weighted by Crippen LogP contribution is -2.25. The summed E-state index contributed by atoms with van der Waals surface area (Å²) in [7, 11) is 1.58. The van der Waals surface area contributed by atoms with Gasteiger partial charge < -0.3 is 15.2 Å². The number of H-pyrrole nitrogens is 1. The molecule has 0 spiro atoms. The van der Waals surface area contributed by atoms with Crippen molar-refractivity contribution in [1.82, 2.24) is 10.2 Å². The Hall–Kier alpha value is -1.76. The fourth-order valence-electron chi connectivity index (χ4n) is 2.77. The van der Waals surface area contributed by atoms with Crippen LogP contribution in [0.1, 0.15) is 30.1 Å². The first kappa shape index (κ1) is 16.1. The molecule has 1 atom stereocenters. The minimum atomic E-state index is -0.273. The number of hydrogen-bond acceptors (Lipinski definition) is 5. The molecule has 3 rings (SSSR count). The van der Waals surface area contributed by atoms with Crippen molar-refractivity contribution < 1.29 is 9.47 Å². The molecule has 6 nitrogen and oxygen atoms in total. The minimum absolute atomic E-state index is 0.254. The quantitative estimate of drug-likeness (QED) is 0.822. The Labute approximate surface area is 142 Å². The van der Waals surface area contributed by atoms with Crippen molar-refractivity contribution in [1.29, 1.82) is 0 Å². The highest BCUT2D eigenvalue weighted by Crippen LogP contribution is 2.40. The van der Waals surface area contributed by atoms with Gasteiger partial charge in [-0.15, -0.1) is 5.10 Å². The first-order valence-corrected chi connectivity index (χ1v) is 7.83. The number of benzene rings is 1. The van der Waals surface area contributed by atoms with Crippen LogP contribution in [-0.2, 0) is 11.2 Å². The van der Waals surface area contributed by atoms with Gasteiger partial charge in [0, 0.05) is 18.4 Å². The van der Waals surface area contributed by atoms with E-state index in [1.165, 1.54) is 0 Å². The third-order valence-electron chi connectivity index (χ3n) is 3.81. The largest absolute Gasteiger partial charge is 0.434 e. The standard InChI is InChI=1S/C15H15Cl2N3O3/c1-22-11-4-2-3-8-12(11)14(21)19-20-15(8)23-13-9(16)5-7(18)6-10(13)17/h5-6,11H,2-4,18H2,1H3,(H,19,21). The zero-order valence-electron chi connectivity index (χ0n) is 12.4. The molecule has 3 N–H and O–H groups in total. The molecule has 2 aromatic rings. The number of hydrogen-bond donors (Lipinski definition) is 2. The smallest absolute Gasteiger partial charge is 0.270 e. The van der Waals surface area contributed by atoms with Crippen molar-refractivity contribution in [3.8, 4) is 11.6 Å². The number of aromatic nitrogens is 2. The molecule has 1 aromatic heterocycles. The van der Waals surface area contributed by atoms with Crippen LogP contribution in [0.2, 0.25) is 10.0 Å². The summed E-state index contributed by atoms with van der Waals surface area (Å²) in [5.41, 5.74) is 7.11. The Morgan fingerprint density at radius 1 is 1.35 bits per heavy atom. The highest BCUT2D eigenvalue weighted by Gasteiger charge is 2.28. The molecule has 0 saturated heterocycles. The monoisotopic (exact) mass is 355 g/mol. The second-order valence-corrected chi connectivity index (χ2v) is 6.10. The summed E-state index contributed by atoms with van der Waals surface area (Å²) in [6.45, 7) is 0. The van der Waals surface area contributed by atoms with E-state index in [4.69, 9.17) is 38.4 Å². The normalized spacial score (nSPS) is 16.9. The van der Waals surface area contributed by atoms with Gasteiger partial charge in [0.1, 0.15) is 0 Å². The number of fused-ring (bicyclic) bond motifs is 1. The van der Waals surface area contributed by atoms with Gasteiger partial charge >= 0.3 is 0 Å². The van der Waals surface area contributed by atoms with E-state index in [2.05, 4.69) is 10.2 Å². The average Bonchev–Trinajstić information content (AvgIpc) is 2.52. The van der Waals surface area contributed by atoms with E-state index in [1.54, 1.807) is 19.2 Å². The number of nitrogen functional groups attached to an aromatic ring is 1. The van der Waals surface area contributed by atoms with E-state index in [-0.39, 0.29) is 33.3 Å². The summed E-state index contributed by atoms with van der Waals surface area (Å²) < 4.78 is 11.2. The summed E-state index contributed by atoms with van der Waals surface area (Å²) in [5, 5.41) is 6.99. The molecule has 0 saturated carbocycles. The van der Waals surface area contributed by atoms with Crippen molar-refractivity contribution >= 4 is 28.9 Å². The summed E-state index contributed by atoms with van der Waals surface area (Å²) >= 11 is 12.3. The van der Waals surface area contributed by atoms with Gasteiger partial charge in [-0.2, -0.15) is 0 Å². The lowest BCUT2D eigenvalue weighted by molar-refractivity contribution is 0.0860. The van der Waals surface area contributed by atoms with Crippen LogP contribution < -0.4 is 16.0 Å². The van der Waals surface area contributed by atoms with Crippen molar-refractivity contribution in [2.45, 2.75) is 25.4 Å². The number of methoxy groups -OCH3 is 1. The van der Waals surface area contributed by atoms with Crippen LogP contribution in [-0.4, -0.2) is 17.3 Å². The fourth-order valence-corrected chi connectivity index (χ4v) is 3.35. The Morgan fingerprint density at radius 3 is 2.70 bits per heavy atom. The summed E-state index contributed by atoms with van der Waals surface area (Å²) in [6.07, 6.45) is 2.05. The molecule has 0 amide bonds. The number of nitrogens with zero attached hydrogens (tertiary/aromatic N) is 1. The topological polar surface area (TPSA) is 90.2 Å². The molecular weight excluding hydrogens is 341 g/mol. The number of ether oxygens (including phenoxy) is 2. The van der Waals surface area contributed by atoms with Gasteiger partial charge in [0.2, 0.25) is 5.88 Å². The zero-order valence-corrected chi connectivity index (χ0v) is 13.9. The van der Waals surface area contributed by atoms with Crippen molar-refractivity contribution in [3.05, 3.63) is 43.7 Å². The molecule has 122 valence electrons. The van der Waals surface area contributed by atoms with E-state index in [9.17, 15) is 4.79 Å². The molecule has 0 aliphatic heterocycles. The van der Waals surface area contributed by atoms with Crippen molar-refractivity contribution in [3.63, 3.8) is 0 Å². The SMILES string of the molecule is COC1CCCc2c(Oc3c(Cl)cc(N)cc3Cl)n[nH]c(=O)c21. The molecule has 8 heteroatoms. The van der Waals surface area contributed by atoms with Crippen LogP contribution in [0.25, 0.3) is 0 Å². The Balaban J connectivity index is 2.07. The molecule has 0 bridgehead atoms. The van der Waals surface area contributed by atoms with E-state index in [0.717, 1.165) is 18.4 Å². The second kappa shape index (κ2) is 6.39. The lowest BCUT2D eigenvalue weighted by Gasteiger charge is -2.24. The van der Waals surface area contributed by atoms with Crippen molar-refractivity contribution in [2.24, 2.45) is 0 Å². The number of nitrogens with one attached hydrogen (secondary N) is 1. The van der Waals surface area contributed by atoms with Gasteiger partial charge in [-0.05, 0) is 31.4 Å². The third kappa shape index (κ3) is 3.02. The van der Waals surface area contributed by atoms with Gasteiger partial charge in [-0.25, -0.2) is 5.10 Å². The number of rotatable bonds is 3. The van der Waals surface area contributed by atoms with Crippen molar-refractivity contribution in [2.75, 3.05) is 12.8 Å². The van der Waals surface area contributed by atoms with Crippen LogP contribution in [0.15, 0.2) is 16.9 Å². The Kier molecular flexibility index (Phi) is 4.48. The molecule has 23 heavy (non-hydrogen) atoms. The second-order valence-electron chi connectivity index (χ2n) is 5.28. The number of anilines is 1. The average molecular weight is 356 g/mol. The van der Waals surface area contributed by atoms with E-state index < -0.39 is 0 Å². The number of halogens is 2. The van der Waals surface area contributed by atoms with Crippen LogP contribution in [0, 0.1) is 0 Å². The summed E-state index contributed by atoms with van der Waals surface area (Å²) in [6, 6.07) is 3.08. The van der Waals surface area contributed by atoms with Gasteiger partial charge in [0.05, 0.1) is 21.7 Å². The molecule has 1 heterocycles. The highest BCUT2D eigenvalue weighted by atomic mass is 35.5. The van der Waals surface area contributed by atoms with Gasteiger partial charge in [-0.3, -0.25) is 4.79 Å². The van der Waals surface area contributed by atoms with Crippen LogP contribution in [0.5, 0.6) is 11.6 Å². The van der Waals surface area contributed by atoms with E-state index in [1.807, 2.05) is 0 Å². The maximum Gasteiger partial charge on any atom is 0.270 e. The summed E-state index contributed by atoms with van der Waals surface area (Å²) in [5.74, 6) is 0.527. The van der Waals surface area contributed by atoms with Gasteiger partial charge in [0.15, 0.2) is 5.75 Å². The Morgan fingerprint density at radius 2 is 2.04 bits per heavy atom. The minimum Gasteiger partial charge on any atom is -0.434 e. The molecule has 1 aliphatic rings. The van der Waals surface area contributed by atoms with Crippen LogP contribution in [0.4, 0.5) is 5.69 Å². The van der Waals surface area contributed by atoms with Crippen LogP contribution in [0.3, 0.4) is 0 Å². The van der Waals surface area contributed by atoms with Gasteiger partial charge in [0.25, 0.3) is 5.56 Å². The maximum absolute atomic E-state index is 12.1. The molecule has 1 unspecified atom stereocenters. The first-order chi connectivity index (χ1) is 11.0. The van der Waals surface area contributed by atoms with E-state index in [0.29, 0.717) is 17.7 Å². The highest BCUT2D eigenvalue weighted by molar-refractivity contribution is 6.37. The predicted octanol–water partition coefficient (Wildman–Crippen LogP) is 3.48. The van der Waals surface area contributed by atoms with Crippen LogP contribution >= 0.6 is 23.2 Å². The molecule has 0 radical (unpaired) electrons. The predicted molar refractivity (Wildman–Crippen MR) is 88.5 cm³/mol. The zero-order chi connectivity index (χ0) is 16.6. The van der Waals surface area contributed by atoms with Gasteiger partial charge in [-0.1, -0.05) is 23.2 Å². The maximum atomic E-state index is 12.1. The molecule has 0 fully saturated rings. The first-order valence-electron chi connectivity index (χ1n) is 7.08. The third-order valence-corrected chi connectivity index (χ3v) is 4.37. The number of aromatic amines is 1. The lowest BCUT2D eigenvalue weighted by atomic mass is 9.91. The summed E-state index contributed by atoms with van der Waals surface area (Å²) in [4.78, 5) is 12.1. The number of nitrogens with two attached hydrogens (primary N) is 1. The molecule has 1 aliphatic carbocycles.